The van der Waals surface area contributed by atoms with E-state index in [1.807, 2.05) is 19.9 Å². The summed E-state index contributed by atoms with van der Waals surface area (Å²) in [5, 5.41) is 14.0. The summed E-state index contributed by atoms with van der Waals surface area (Å²) in [6.45, 7) is 4.37. The second-order valence-electron chi connectivity index (χ2n) is 7.60. The van der Waals surface area contributed by atoms with Crippen LogP contribution in [0.5, 0.6) is 0 Å². The van der Waals surface area contributed by atoms with E-state index in [0.29, 0.717) is 29.7 Å². The summed E-state index contributed by atoms with van der Waals surface area (Å²) in [5.41, 5.74) is 2.12. The van der Waals surface area contributed by atoms with Gasteiger partial charge in [-0.2, -0.15) is 0 Å². The number of thioether (sulfide) groups is 1. The van der Waals surface area contributed by atoms with Gasteiger partial charge in [-0.15, -0.1) is 10.2 Å². The van der Waals surface area contributed by atoms with Crippen molar-refractivity contribution in [3.8, 4) is 0 Å². The van der Waals surface area contributed by atoms with Crippen molar-refractivity contribution in [3.63, 3.8) is 0 Å². The number of nitrogens with one attached hydrogen (secondary N) is 2. The van der Waals surface area contributed by atoms with Gasteiger partial charge in [0.2, 0.25) is 17.7 Å². The quantitative estimate of drug-likeness (QED) is 0.520. The molecule has 0 spiro atoms. The maximum atomic E-state index is 13.1. The predicted octanol–water partition coefficient (Wildman–Crippen LogP) is 1.33. The molecule has 0 bridgehead atoms. The lowest BCUT2D eigenvalue weighted by Crippen LogP contribution is -2.58. The lowest BCUT2D eigenvalue weighted by Gasteiger charge is -2.34. The molecule has 33 heavy (non-hydrogen) atoms. The average molecular weight is 472 g/mol. The van der Waals surface area contributed by atoms with Crippen LogP contribution in [0.15, 0.2) is 35.5 Å². The molecule has 1 aliphatic rings. The molecule has 0 unspecified atom stereocenters. The van der Waals surface area contributed by atoms with Gasteiger partial charge in [0.1, 0.15) is 11.9 Å². The zero-order valence-corrected chi connectivity index (χ0v) is 18.9. The molecule has 0 aliphatic carbocycles. The Morgan fingerprint density at radius 1 is 1.24 bits per heavy atom. The summed E-state index contributed by atoms with van der Waals surface area (Å²) in [7, 11) is 0. The first kappa shape index (κ1) is 22.6. The zero-order valence-electron chi connectivity index (χ0n) is 18.0. The third-order valence-corrected chi connectivity index (χ3v) is 6.06. The first-order valence-electron chi connectivity index (χ1n) is 10.3. The van der Waals surface area contributed by atoms with Crippen LogP contribution >= 0.6 is 11.8 Å². The van der Waals surface area contributed by atoms with E-state index in [4.69, 9.17) is 0 Å². The van der Waals surface area contributed by atoms with Crippen LogP contribution in [-0.4, -0.2) is 67.1 Å². The van der Waals surface area contributed by atoms with Crippen LogP contribution < -0.4 is 10.6 Å². The fourth-order valence-electron chi connectivity index (χ4n) is 3.64. The van der Waals surface area contributed by atoms with Crippen molar-refractivity contribution in [2.24, 2.45) is 0 Å². The Morgan fingerprint density at radius 2 is 2.00 bits per heavy atom. The highest BCUT2D eigenvalue weighted by Gasteiger charge is 2.34. The Labute approximate surface area is 193 Å². The highest BCUT2D eigenvalue weighted by atomic mass is 32.2. The lowest BCUT2D eigenvalue weighted by molar-refractivity contribution is -0.142. The van der Waals surface area contributed by atoms with Gasteiger partial charge in [0, 0.05) is 30.2 Å². The number of fused-ring (bicyclic) bond motifs is 1. The van der Waals surface area contributed by atoms with Crippen LogP contribution in [0, 0.1) is 19.7 Å². The van der Waals surface area contributed by atoms with Crippen molar-refractivity contribution >= 4 is 40.9 Å². The van der Waals surface area contributed by atoms with Crippen LogP contribution in [0.3, 0.4) is 0 Å². The number of hydrogen-bond donors (Lipinski definition) is 2. The smallest absolute Gasteiger partial charge is 0.256 e. The third-order valence-electron chi connectivity index (χ3n) is 5.15. The summed E-state index contributed by atoms with van der Waals surface area (Å²) in [6, 6.07) is 6.26. The molecule has 1 aromatic carbocycles. The Balaban J connectivity index is 1.42. The van der Waals surface area contributed by atoms with Crippen molar-refractivity contribution in [1.29, 1.82) is 0 Å². The van der Waals surface area contributed by atoms with E-state index in [-0.39, 0.29) is 18.1 Å². The zero-order chi connectivity index (χ0) is 23.5. The Kier molecular flexibility index (Phi) is 6.54. The van der Waals surface area contributed by atoms with Crippen LogP contribution in [0.2, 0.25) is 0 Å². The number of carbonyl (C=O) groups excluding carboxylic acids is 3. The number of halogens is 1. The molecule has 1 saturated heterocycles. The van der Waals surface area contributed by atoms with E-state index >= 15 is 0 Å². The fraction of sp³-hybridized carbons (Fsp3) is 0.333. The summed E-state index contributed by atoms with van der Waals surface area (Å²) >= 11 is 1.19. The van der Waals surface area contributed by atoms with Gasteiger partial charge in [-0.25, -0.2) is 9.37 Å². The van der Waals surface area contributed by atoms with E-state index in [2.05, 4.69) is 25.8 Å². The van der Waals surface area contributed by atoms with E-state index in [9.17, 15) is 18.8 Å². The minimum absolute atomic E-state index is 0.0253. The van der Waals surface area contributed by atoms with E-state index in [1.54, 1.807) is 4.40 Å². The van der Waals surface area contributed by atoms with Gasteiger partial charge < -0.3 is 15.5 Å². The number of nitrogens with zero attached hydrogens (tertiary/aromatic N) is 5. The largest absolute Gasteiger partial charge is 0.353 e. The maximum absolute atomic E-state index is 13.1. The minimum Gasteiger partial charge on any atom is -0.353 e. The topological polar surface area (TPSA) is 122 Å². The van der Waals surface area contributed by atoms with Gasteiger partial charge in [0.25, 0.3) is 5.78 Å². The molecule has 3 aromatic rings. The number of anilines is 1. The first-order valence-corrected chi connectivity index (χ1v) is 11.2. The standard InChI is InChI=1S/C21H22FN7O3S/c1-12-9-13(2)29-20(24-12)26-27-21(29)33-11-18(31)28-8-7-23-19(32)16(28)10-17(30)25-15-5-3-14(22)4-6-15/h3-6,9,16H,7-8,10-11H2,1-2H3,(H,23,32)(H,25,30)/t16-/m1/s1. The highest BCUT2D eigenvalue weighted by Crippen LogP contribution is 2.21. The molecule has 10 nitrogen and oxygen atoms in total. The number of benzene rings is 1. The summed E-state index contributed by atoms with van der Waals surface area (Å²) in [5.74, 6) is -1.07. The van der Waals surface area contributed by atoms with Crippen LogP contribution in [0.25, 0.3) is 5.78 Å². The van der Waals surface area contributed by atoms with Crippen molar-refractivity contribution in [2.75, 3.05) is 24.2 Å². The molecule has 1 atom stereocenters. The summed E-state index contributed by atoms with van der Waals surface area (Å²) in [4.78, 5) is 43.7. The second-order valence-corrected chi connectivity index (χ2v) is 8.54. The van der Waals surface area contributed by atoms with Crippen LogP contribution in [0.4, 0.5) is 10.1 Å². The number of carbonyl (C=O) groups is 3. The number of piperazine rings is 1. The van der Waals surface area contributed by atoms with Crippen LogP contribution in [0.1, 0.15) is 17.8 Å². The Morgan fingerprint density at radius 3 is 2.76 bits per heavy atom. The number of rotatable bonds is 6. The number of aromatic nitrogens is 4. The Bertz CT molecular complexity index is 1210. The molecule has 0 saturated carbocycles. The molecular weight excluding hydrogens is 449 g/mol. The van der Waals surface area contributed by atoms with E-state index in [0.717, 1.165) is 11.4 Å². The van der Waals surface area contributed by atoms with Crippen molar-refractivity contribution in [2.45, 2.75) is 31.5 Å². The average Bonchev–Trinajstić information content (AvgIpc) is 3.18. The van der Waals surface area contributed by atoms with Gasteiger partial charge in [0.05, 0.1) is 12.2 Å². The van der Waals surface area contributed by atoms with E-state index < -0.39 is 23.7 Å². The predicted molar refractivity (Wildman–Crippen MR) is 119 cm³/mol. The van der Waals surface area contributed by atoms with Gasteiger partial charge in [0.15, 0.2) is 5.16 Å². The molecule has 12 heteroatoms. The van der Waals surface area contributed by atoms with E-state index in [1.165, 1.54) is 40.9 Å². The second kappa shape index (κ2) is 9.53. The molecule has 1 aliphatic heterocycles. The van der Waals surface area contributed by atoms with Crippen LogP contribution in [-0.2, 0) is 14.4 Å². The minimum atomic E-state index is -0.937. The van der Waals surface area contributed by atoms with Gasteiger partial charge in [-0.1, -0.05) is 11.8 Å². The normalized spacial score (nSPS) is 16.0. The van der Waals surface area contributed by atoms with Crippen molar-refractivity contribution in [3.05, 3.63) is 47.5 Å². The number of amides is 3. The van der Waals surface area contributed by atoms with Crippen molar-refractivity contribution < 1.29 is 18.8 Å². The monoisotopic (exact) mass is 471 g/mol. The molecule has 172 valence electrons. The highest BCUT2D eigenvalue weighted by molar-refractivity contribution is 7.99. The first-order chi connectivity index (χ1) is 15.8. The summed E-state index contributed by atoms with van der Waals surface area (Å²) in [6.07, 6.45) is -0.213. The fourth-order valence-corrected chi connectivity index (χ4v) is 4.51. The molecule has 0 radical (unpaired) electrons. The van der Waals surface area contributed by atoms with Gasteiger partial charge >= 0.3 is 0 Å². The number of aryl methyl sites for hydroxylation is 2. The van der Waals surface area contributed by atoms with Gasteiger partial charge in [-0.3, -0.25) is 18.8 Å². The SMILES string of the molecule is Cc1cc(C)n2c(SCC(=O)N3CCNC(=O)[C@H]3CC(=O)Nc3ccc(F)cc3)nnc2n1. The molecule has 3 amide bonds. The summed E-state index contributed by atoms with van der Waals surface area (Å²) < 4.78 is 14.8. The maximum Gasteiger partial charge on any atom is 0.256 e. The molecular formula is C21H22FN7O3S. The number of hydrogen-bond acceptors (Lipinski definition) is 7. The Hall–Kier alpha value is -3.54. The molecule has 2 aromatic heterocycles. The lowest BCUT2D eigenvalue weighted by atomic mass is 10.1. The molecule has 1 fully saturated rings. The third kappa shape index (κ3) is 5.11. The molecule has 2 N–H and O–H groups in total. The molecule has 3 heterocycles. The van der Waals surface area contributed by atoms with Gasteiger partial charge in [-0.05, 0) is 44.2 Å². The molecule has 4 rings (SSSR count). The van der Waals surface area contributed by atoms with Crippen molar-refractivity contribution in [1.82, 2.24) is 29.8 Å².